The fourth-order valence-corrected chi connectivity index (χ4v) is 4.22. The largest absolute Gasteiger partial charge is 0.493 e. The molecule has 0 spiro atoms. The second-order valence-corrected chi connectivity index (χ2v) is 9.03. The molecule has 3 aromatic carbocycles. The van der Waals surface area contributed by atoms with Gasteiger partial charge in [-0.05, 0) is 29.7 Å². The third-order valence-electron chi connectivity index (χ3n) is 6.31. The van der Waals surface area contributed by atoms with Gasteiger partial charge in [-0.1, -0.05) is 42.5 Å². The van der Waals surface area contributed by atoms with Crippen molar-refractivity contribution in [2.75, 3.05) is 38.5 Å². The quantitative estimate of drug-likeness (QED) is 0.167. The second-order valence-electron chi connectivity index (χ2n) is 9.03. The molecule has 1 amide bonds. The number of hydrogen-bond acceptors (Lipinski definition) is 10. The van der Waals surface area contributed by atoms with Crippen LogP contribution < -0.4 is 30.2 Å². The first-order chi connectivity index (χ1) is 20.6. The van der Waals surface area contributed by atoms with Crippen LogP contribution in [0.15, 0.2) is 79.1 Å². The summed E-state index contributed by atoms with van der Waals surface area (Å²) in [5.74, 6) is 2.46. The summed E-state index contributed by atoms with van der Waals surface area (Å²) in [5.41, 5.74) is 4.04. The molecule has 5 aromatic rings. The molecule has 12 heteroatoms. The number of H-pyrrole nitrogens is 1. The molecule has 2 heterocycles. The van der Waals surface area contributed by atoms with E-state index in [1.807, 2.05) is 48.5 Å². The fraction of sp³-hybridized carbons (Fsp3) is 0.167. The number of aromatic amines is 1. The van der Waals surface area contributed by atoms with Crippen LogP contribution in [-0.2, 0) is 6.42 Å². The van der Waals surface area contributed by atoms with Crippen molar-refractivity contribution in [3.63, 3.8) is 0 Å². The predicted molar refractivity (Wildman–Crippen MR) is 159 cm³/mol. The number of carbonyl (C=O) groups is 1. The average molecular weight is 567 g/mol. The first-order valence-corrected chi connectivity index (χ1v) is 13.1. The van der Waals surface area contributed by atoms with E-state index in [1.54, 1.807) is 45.6 Å². The van der Waals surface area contributed by atoms with Crippen LogP contribution in [0.3, 0.4) is 0 Å². The minimum Gasteiger partial charge on any atom is -0.493 e. The Balaban J connectivity index is 1.20. The van der Waals surface area contributed by atoms with E-state index >= 15 is 0 Å². The van der Waals surface area contributed by atoms with Crippen molar-refractivity contribution in [1.29, 1.82) is 0 Å². The Morgan fingerprint density at radius 3 is 2.19 bits per heavy atom. The maximum absolute atomic E-state index is 12.5. The zero-order valence-corrected chi connectivity index (χ0v) is 23.3. The number of amides is 1. The van der Waals surface area contributed by atoms with Crippen molar-refractivity contribution in [3.05, 3.63) is 90.3 Å². The number of carbonyl (C=O) groups excluding carboxylic acids is 1. The lowest BCUT2D eigenvalue weighted by Crippen LogP contribution is -2.25. The van der Waals surface area contributed by atoms with E-state index in [1.165, 1.54) is 11.9 Å². The Morgan fingerprint density at radius 2 is 1.52 bits per heavy atom. The molecule has 0 fully saturated rings. The van der Waals surface area contributed by atoms with E-state index in [0.717, 1.165) is 17.7 Å². The van der Waals surface area contributed by atoms with Gasteiger partial charge in [-0.3, -0.25) is 9.89 Å². The Morgan fingerprint density at radius 1 is 0.833 bits per heavy atom. The summed E-state index contributed by atoms with van der Waals surface area (Å²) in [6, 6.07) is 22.7. The molecule has 42 heavy (non-hydrogen) atoms. The lowest BCUT2D eigenvalue weighted by molar-refractivity contribution is 0.0954. The van der Waals surface area contributed by atoms with Crippen LogP contribution in [0.5, 0.6) is 17.2 Å². The van der Waals surface area contributed by atoms with Crippen LogP contribution in [0.1, 0.15) is 15.9 Å². The molecule has 0 saturated carbocycles. The van der Waals surface area contributed by atoms with Crippen molar-refractivity contribution >= 4 is 29.3 Å². The first-order valence-electron chi connectivity index (χ1n) is 13.1. The minimum absolute atomic E-state index is 0.116. The Kier molecular flexibility index (Phi) is 8.73. The van der Waals surface area contributed by atoms with Crippen LogP contribution in [0.25, 0.3) is 11.3 Å². The lowest BCUT2D eigenvalue weighted by atomic mass is 10.1. The van der Waals surface area contributed by atoms with Gasteiger partial charge in [0.15, 0.2) is 17.3 Å². The van der Waals surface area contributed by atoms with Crippen LogP contribution in [-0.4, -0.2) is 58.9 Å². The Labute approximate surface area is 242 Å². The second kappa shape index (κ2) is 13.1. The van der Waals surface area contributed by atoms with Crippen LogP contribution in [0.2, 0.25) is 0 Å². The van der Waals surface area contributed by atoms with Crippen LogP contribution in [0.4, 0.5) is 23.4 Å². The van der Waals surface area contributed by atoms with Gasteiger partial charge in [0.2, 0.25) is 17.6 Å². The molecule has 0 aliphatic heterocycles. The van der Waals surface area contributed by atoms with E-state index in [2.05, 4.69) is 41.1 Å². The van der Waals surface area contributed by atoms with Crippen molar-refractivity contribution in [3.8, 4) is 28.5 Å². The van der Waals surface area contributed by atoms with E-state index in [-0.39, 0.29) is 5.91 Å². The fourth-order valence-electron chi connectivity index (χ4n) is 4.22. The van der Waals surface area contributed by atoms with Crippen molar-refractivity contribution < 1.29 is 19.0 Å². The third kappa shape index (κ3) is 6.73. The van der Waals surface area contributed by atoms with Gasteiger partial charge in [0.25, 0.3) is 5.91 Å². The highest BCUT2D eigenvalue weighted by molar-refractivity contribution is 5.94. The number of hydrogen-bond donors (Lipinski definition) is 4. The smallest absolute Gasteiger partial charge is 0.251 e. The molecule has 0 radical (unpaired) electrons. The first kappa shape index (κ1) is 27.9. The molecule has 0 unspecified atom stereocenters. The average Bonchev–Trinajstić information content (AvgIpc) is 3.49. The number of rotatable bonds is 12. The van der Waals surface area contributed by atoms with E-state index in [9.17, 15) is 4.79 Å². The Bertz CT molecular complexity index is 1620. The number of nitrogens with one attached hydrogen (secondary N) is 4. The molecule has 12 nitrogen and oxygen atoms in total. The zero-order chi connectivity index (χ0) is 29.3. The molecule has 0 atom stereocenters. The molecular weight excluding hydrogens is 536 g/mol. The van der Waals surface area contributed by atoms with Gasteiger partial charge >= 0.3 is 0 Å². The van der Waals surface area contributed by atoms with E-state index in [4.69, 9.17) is 14.2 Å². The summed E-state index contributed by atoms with van der Waals surface area (Å²) in [7, 11) is 4.63. The van der Waals surface area contributed by atoms with Gasteiger partial charge in [-0.2, -0.15) is 10.1 Å². The summed E-state index contributed by atoms with van der Waals surface area (Å²) in [6.07, 6.45) is 2.16. The highest BCUT2D eigenvalue weighted by atomic mass is 16.5. The molecule has 0 aliphatic rings. The van der Waals surface area contributed by atoms with Crippen molar-refractivity contribution in [2.45, 2.75) is 6.42 Å². The predicted octanol–water partition coefficient (Wildman–Crippen LogP) is 4.75. The van der Waals surface area contributed by atoms with Crippen molar-refractivity contribution in [2.24, 2.45) is 0 Å². The molecule has 0 saturated heterocycles. The summed E-state index contributed by atoms with van der Waals surface area (Å²) < 4.78 is 16.2. The molecule has 0 bridgehead atoms. The number of aromatic nitrogens is 5. The standard InChI is InChI=1S/C30H30N8O4/c1-40-24-15-22(16-25(41-2)27(24)42-3)34-29-32-18-33-30(36-29)35-26-17-23(37-38-26)20-9-11-21(12-10-20)28(39)31-14-13-19-7-5-4-6-8-19/h4-12,15-18H,13-14H2,1-3H3,(H,31,39)(H3,32,33,34,35,36,37,38). The van der Waals surface area contributed by atoms with E-state index in [0.29, 0.717) is 52.8 Å². The molecule has 214 valence electrons. The SMILES string of the molecule is COc1cc(Nc2ncnc(Nc3cc(-c4ccc(C(=O)NCCc5ccccc5)cc4)[nH]n3)n2)cc(OC)c1OC. The summed E-state index contributed by atoms with van der Waals surface area (Å²) in [4.78, 5) is 25.3. The number of ether oxygens (including phenoxy) is 3. The maximum Gasteiger partial charge on any atom is 0.251 e. The summed E-state index contributed by atoms with van der Waals surface area (Å²) >= 11 is 0. The highest BCUT2D eigenvalue weighted by Crippen LogP contribution is 2.40. The van der Waals surface area contributed by atoms with Gasteiger partial charge in [0.05, 0.1) is 27.0 Å². The summed E-state index contributed by atoms with van der Waals surface area (Å²) in [5, 5.41) is 16.5. The topological polar surface area (TPSA) is 148 Å². The van der Waals surface area contributed by atoms with Gasteiger partial charge in [0.1, 0.15) is 6.33 Å². The Hall–Kier alpha value is -5.65. The highest BCUT2D eigenvalue weighted by Gasteiger charge is 2.14. The van der Waals surface area contributed by atoms with Crippen LogP contribution in [0, 0.1) is 0 Å². The van der Waals surface area contributed by atoms with Crippen molar-refractivity contribution in [1.82, 2.24) is 30.5 Å². The molecule has 2 aromatic heterocycles. The molecule has 0 aliphatic carbocycles. The third-order valence-corrected chi connectivity index (χ3v) is 6.31. The maximum atomic E-state index is 12.5. The zero-order valence-electron chi connectivity index (χ0n) is 23.3. The van der Waals surface area contributed by atoms with Gasteiger partial charge in [0, 0.05) is 36.0 Å². The number of benzene rings is 3. The lowest BCUT2D eigenvalue weighted by Gasteiger charge is -2.14. The van der Waals surface area contributed by atoms with Crippen LogP contribution >= 0.6 is 0 Å². The molecular formula is C30H30N8O4. The minimum atomic E-state index is -0.116. The van der Waals surface area contributed by atoms with E-state index < -0.39 is 0 Å². The molecule has 5 rings (SSSR count). The normalized spacial score (nSPS) is 10.5. The van der Waals surface area contributed by atoms with Gasteiger partial charge < -0.3 is 30.2 Å². The number of anilines is 4. The monoisotopic (exact) mass is 566 g/mol. The van der Waals surface area contributed by atoms with Gasteiger partial charge in [-0.15, -0.1) is 0 Å². The number of nitrogens with zero attached hydrogens (tertiary/aromatic N) is 4. The summed E-state index contributed by atoms with van der Waals surface area (Å²) in [6.45, 7) is 0.566. The van der Waals surface area contributed by atoms with Gasteiger partial charge in [-0.25, -0.2) is 9.97 Å². The number of methoxy groups -OCH3 is 3. The molecule has 4 N–H and O–H groups in total.